The molecule has 1 fully saturated rings. The molecule has 2 N–H and O–H groups in total. The van der Waals surface area contributed by atoms with Crippen LogP contribution in [0.1, 0.15) is 18.4 Å². The fourth-order valence-electron chi connectivity index (χ4n) is 2.14. The highest BCUT2D eigenvalue weighted by Gasteiger charge is 2.21. The minimum Gasteiger partial charge on any atom is -0.313 e. The van der Waals surface area contributed by atoms with Crippen LogP contribution in [0.3, 0.4) is 0 Å². The number of halogens is 2. The Kier molecular flexibility index (Phi) is 4.60. The van der Waals surface area contributed by atoms with Crippen molar-refractivity contribution in [3.63, 3.8) is 0 Å². The lowest BCUT2D eigenvalue weighted by Crippen LogP contribution is -2.37. The van der Waals surface area contributed by atoms with Crippen LogP contribution in [0.25, 0.3) is 0 Å². The second-order valence-corrected chi connectivity index (χ2v) is 7.27. The quantitative estimate of drug-likeness (QED) is 0.872. The Hall–Kier alpha value is -0.500. The Morgan fingerprint density at radius 2 is 2.26 bits per heavy atom. The van der Waals surface area contributed by atoms with Crippen LogP contribution in [0.2, 0.25) is 0 Å². The topological polar surface area (TPSA) is 58.2 Å². The molecule has 0 radical (unpaired) electrons. The van der Waals surface area contributed by atoms with E-state index in [9.17, 15) is 12.8 Å². The Morgan fingerprint density at radius 3 is 2.89 bits per heavy atom. The van der Waals surface area contributed by atoms with Crippen molar-refractivity contribution in [3.05, 3.63) is 28.0 Å². The van der Waals surface area contributed by atoms with Crippen LogP contribution < -0.4 is 10.0 Å². The van der Waals surface area contributed by atoms with Crippen molar-refractivity contribution in [2.24, 2.45) is 0 Å². The van der Waals surface area contributed by atoms with Gasteiger partial charge in [0.1, 0.15) is 5.82 Å². The van der Waals surface area contributed by atoms with E-state index in [1.54, 1.807) is 6.92 Å². The summed E-state index contributed by atoms with van der Waals surface area (Å²) in [5.41, 5.74) is 0.396. The number of benzene rings is 1. The van der Waals surface area contributed by atoms with Crippen LogP contribution in [0.4, 0.5) is 4.39 Å². The monoisotopic (exact) mass is 350 g/mol. The van der Waals surface area contributed by atoms with Crippen LogP contribution >= 0.6 is 15.9 Å². The molecule has 1 atom stereocenters. The van der Waals surface area contributed by atoms with E-state index in [1.807, 2.05) is 0 Å². The highest BCUT2D eigenvalue weighted by molar-refractivity contribution is 9.10. The molecule has 1 aromatic carbocycles. The number of sulfonamides is 1. The molecule has 1 aromatic rings. The summed E-state index contributed by atoms with van der Waals surface area (Å²) in [7, 11) is -3.60. The number of hydrogen-bond donors (Lipinski definition) is 2. The van der Waals surface area contributed by atoms with Gasteiger partial charge in [0.05, 0.1) is 9.37 Å². The predicted molar refractivity (Wildman–Crippen MR) is 75.1 cm³/mol. The number of rotatable bonds is 4. The highest BCUT2D eigenvalue weighted by atomic mass is 79.9. The van der Waals surface area contributed by atoms with Crippen LogP contribution in [-0.2, 0) is 10.0 Å². The molecule has 19 heavy (non-hydrogen) atoms. The summed E-state index contributed by atoms with van der Waals surface area (Å²) in [6.07, 6.45) is 2.03. The van der Waals surface area contributed by atoms with Crippen LogP contribution in [-0.4, -0.2) is 27.5 Å². The third kappa shape index (κ3) is 3.53. The lowest BCUT2D eigenvalue weighted by Gasteiger charge is -2.13. The molecule has 1 unspecified atom stereocenters. The molecule has 2 rings (SSSR count). The molecular formula is C12H16BrFN2O2S. The van der Waals surface area contributed by atoms with E-state index in [4.69, 9.17) is 0 Å². The van der Waals surface area contributed by atoms with Crippen molar-refractivity contribution in [2.75, 3.05) is 13.1 Å². The van der Waals surface area contributed by atoms with E-state index in [0.29, 0.717) is 12.1 Å². The average molecular weight is 351 g/mol. The van der Waals surface area contributed by atoms with Crippen molar-refractivity contribution in [1.82, 2.24) is 10.0 Å². The first kappa shape index (κ1) is 14.9. The summed E-state index contributed by atoms with van der Waals surface area (Å²) in [5, 5.41) is 3.22. The van der Waals surface area contributed by atoms with Gasteiger partial charge in [0.15, 0.2) is 0 Å². The molecule has 1 heterocycles. The van der Waals surface area contributed by atoms with Gasteiger partial charge in [0.25, 0.3) is 0 Å². The average Bonchev–Trinajstić information content (AvgIpc) is 2.84. The third-order valence-electron chi connectivity index (χ3n) is 3.19. The molecule has 0 spiro atoms. The summed E-state index contributed by atoms with van der Waals surface area (Å²) in [4.78, 5) is 0.110. The van der Waals surface area contributed by atoms with Gasteiger partial charge in [0.2, 0.25) is 10.0 Å². The fourth-order valence-corrected chi connectivity index (χ4v) is 3.96. The van der Waals surface area contributed by atoms with Crippen LogP contribution in [0.15, 0.2) is 21.5 Å². The predicted octanol–water partition coefficient (Wildman–Crippen LogP) is 1.93. The summed E-state index contributed by atoms with van der Waals surface area (Å²) >= 11 is 3.01. The fraction of sp³-hybridized carbons (Fsp3) is 0.500. The maximum atomic E-state index is 13.3. The Morgan fingerprint density at radius 1 is 1.53 bits per heavy atom. The van der Waals surface area contributed by atoms with E-state index in [2.05, 4.69) is 26.0 Å². The van der Waals surface area contributed by atoms with Gasteiger partial charge in [-0.05, 0) is 59.9 Å². The smallest absolute Gasteiger partial charge is 0.240 e. The van der Waals surface area contributed by atoms with Gasteiger partial charge in [0, 0.05) is 12.6 Å². The van der Waals surface area contributed by atoms with Gasteiger partial charge in [-0.15, -0.1) is 0 Å². The minimum atomic E-state index is -3.60. The zero-order valence-electron chi connectivity index (χ0n) is 10.5. The van der Waals surface area contributed by atoms with E-state index >= 15 is 0 Å². The third-order valence-corrected chi connectivity index (χ3v) is 5.36. The molecule has 7 heteroatoms. The Balaban J connectivity index is 2.16. The Bertz CT molecular complexity index is 571. The molecule has 1 aliphatic heterocycles. The van der Waals surface area contributed by atoms with Crippen LogP contribution in [0.5, 0.6) is 0 Å². The van der Waals surface area contributed by atoms with Gasteiger partial charge in [-0.1, -0.05) is 0 Å². The lowest BCUT2D eigenvalue weighted by molar-refractivity contribution is 0.550. The molecule has 0 saturated carbocycles. The summed E-state index contributed by atoms with van der Waals surface area (Å²) in [6.45, 7) is 2.86. The standard InChI is InChI=1S/C12H16BrFN2O2S/c1-8-5-11(14)10(13)6-12(8)19(17,18)16-7-9-3-2-4-15-9/h5-6,9,15-16H,2-4,7H2,1H3. The molecule has 0 bridgehead atoms. The maximum absolute atomic E-state index is 13.3. The van der Waals surface area contributed by atoms with E-state index in [0.717, 1.165) is 19.4 Å². The van der Waals surface area contributed by atoms with Crippen molar-refractivity contribution in [2.45, 2.75) is 30.7 Å². The Labute approximate surface area is 121 Å². The van der Waals surface area contributed by atoms with Gasteiger partial charge in [-0.2, -0.15) is 0 Å². The van der Waals surface area contributed by atoms with Crippen molar-refractivity contribution in [3.8, 4) is 0 Å². The normalized spacial score (nSPS) is 19.8. The first-order valence-corrected chi connectivity index (χ1v) is 8.36. The molecule has 106 valence electrons. The van der Waals surface area contributed by atoms with Gasteiger partial charge >= 0.3 is 0 Å². The maximum Gasteiger partial charge on any atom is 0.240 e. The second-order valence-electron chi connectivity index (χ2n) is 4.68. The van der Waals surface area contributed by atoms with Gasteiger partial charge in [-0.3, -0.25) is 0 Å². The summed E-state index contributed by atoms with van der Waals surface area (Å²) < 4.78 is 40.4. The molecule has 0 aliphatic carbocycles. The highest BCUT2D eigenvalue weighted by Crippen LogP contribution is 2.23. The summed E-state index contributed by atoms with van der Waals surface area (Å²) in [6, 6.07) is 2.70. The molecule has 4 nitrogen and oxygen atoms in total. The largest absolute Gasteiger partial charge is 0.313 e. The van der Waals surface area contributed by atoms with Gasteiger partial charge in [-0.25, -0.2) is 17.5 Å². The molecule has 0 aromatic heterocycles. The van der Waals surface area contributed by atoms with E-state index in [1.165, 1.54) is 12.1 Å². The zero-order chi connectivity index (χ0) is 14.0. The molecular weight excluding hydrogens is 335 g/mol. The van der Waals surface area contributed by atoms with Crippen LogP contribution in [0, 0.1) is 12.7 Å². The number of nitrogens with one attached hydrogen (secondary N) is 2. The zero-order valence-corrected chi connectivity index (χ0v) is 12.9. The first-order valence-electron chi connectivity index (χ1n) is 6.09. The summed E-state index contributed by atoms with van der Waals surface area (Å²) in [5.74, 6) is -0.464. The lowest BCUT2D eigenvalue weighted by atomic mass is 10.2. The first-order chi connectivity index (χ1) is 8.90. The molecule has 1 aliphatic rings. The molecule has 0 amide bonds. The number of aryl methyl sites for hydroxylation is 1. The van der Waals surface area contributed by atoms with Crippen molar-refractivity contribution < 1.29 is 12.8 Å². The van der Waals surface area contributed by atoms with Gasteiger partial charge < -0.3 is 5.32 Å². The van der Waals surface area contributed by atoms with Crippen molar-refractivity contribution in [1.29, 1.82) is 0 Å². The van der Waals surface area contributed by atoms with Crippen molar-refractivity contribution >= 4 is 26.0 Å². The number of hydrogen-bond acceptors (Lipinski definition) is 3. The second kappa shape index (κ2) is 5.87. The minimum absolute atomic E-state index is 0.110. The molecule has 1 saturated heterocycles. The SMILES string of the molecule is Cc1cc(F)c(Br)cc1S(=O)(=O)NCC1CCCN1. The van der Waals surface area contributed by atoms with E-state index < -0.39 is 15.8 Å². The van der Waals surface area contributed by atoms with E-state index in [-0.39, 0.29) is 15.4 Å².